The second-order valence-corrected chi connectivity index (χ2v) is 15.8. The van der Waals surface area contributed by atoms with Crippen molar-refractivity contribution < 1.29 is 38.4 Å². The molecular formula is C34H48O8. The van der Waals surface area contributed by atoms with Crippen molar-refractivity contribution in [3.63, 3.8) is 0 Å². The van der Waals surface area contributed by atoms with E-state index < -0.39 is 40.2 Å². The Morgan fingerprint density at radius 2 is 1.64 bits per heavy atom. The zero-order valence-corrected chi connectivity index (χ0v) is 26.6. The van der Waals surface area contributed by atoms with Crippen molar-refractivity contribution in [1.29, 1.82) is 0 Å². The maximum Gasteiger partial charge on any atom is 0.304 e. The summed E-state index contributed by atoms with van der Waals surface area (Å²) in [4.78, 5) is 37.8. The van der Waals surface area contributed by atoms with E-state index >= 15 is 0 Å². The third kappa shape index (κ3) is 4.07. The van der Waals surface area contributed by atoms with Crippen LogP contribution in [0.4, 0.5) is 0 Å². The van der Waals surface area contributed by atoms with E-state index in [4.69, 9.17) is 18.9 Å². The van der Waals surface area contributed by atoms with Crippen LogP contribution < -0.4 is 0 Å². The SMILES string of the molecule is CC(=O)OC1OC(C2OC2(C)C)CC1C1CC=C2C1(C)CC(O)C1C3(C)C=CC(=O)C(C)(C)C3CC(OC(C)=O)C21C. The summed E-state index contributed by atoms with van der Waals surface area (Å²) in [5, 5.41) is 12.2. The highest BCUT2D eigenvalue weighted by atomic mass is 16.7. The molecule has 1 N–H and O–H groups in total. The quantitative estimate of drug-likeness (QED) is 0.282. The van der Waals surface area contributed by atoms with Crippen LogP contribution in [0, 0.1) is 45.3 Å². The van der Waals surface area contributed by atoms with Crippen LogP contribution in [-0.2, 0) is 33.3 Å². The lowest BCUT2D eigenvalue weighted by Crippen LogP contribution is -2.68. The van der Waals surface area contributed by atoms with Crippen LogP contribution in [0.2, 0.25) is 0 Å². The van der Waals surface area contributed by atoms with Gasteiger partial charge in [-0.05, 0) is 68.3 Å². The molecule has 12 unspecified atom stereocenters. The smallest absolute Gasteiger partial charge is 0.304 e. The first-order chi connectivity index (χ1) is 19.4. The Kier molecular flexibility index (Phi) is 6.60. The maximum atomic E-state index is 13.1. The first-order valence-corrected chi connectivity index (χ1v) is 15.7. The molecule has 6 aliphatic rings. The lowest BCUT2D eigenvalue weighted by Gasteiger charge is -2.67. The minimum Gasteiger partial charge on any atom is -0.462 e. The molecule has 2 heterocycles. The van der Waals surface area contributed by atoms with E-state index in [9.17, 15) is 19.5 Å². The monoisotopic (exact) mass is 584 g/mol. The molecule has 42 heavy (non-hydrogen) atoms. The standard InChI is InChI=1S/C34H48O8/c1-17(35)39-26-15-24-30(3,4)25(38)12-13-32(24,7)27-21(37)16-33(8)20(10-11-23(33)34(26,27)9)19-14-22(28-31(5,6)42-28)41-29(19)40-18(2)36/h11-13,19-22,24,26-29,37H,10,14-16H2,1-9H3. The Bertz CT molecular complexity index is 1260. The summed E-state index contributed by atoms with van der Waals surface area (Å²) in [6, 6.07) is 0. The van der Waals surface area contributed by atoms with Gasteiger partial charge in [-0.15, -0.1) is 0 Å². The molecule has 0 radical (unpaired) electrons. The summed E-state index contributed by atoms with van der Waals surface area (Å²) in [6.07, 6.45) is 6.46. The van der Waals surface area contributed by atoms with E-state index in [1.54, 1.807) is 6.08 Å². The molecule has 0 spiro atoms. The molecule has 4 fully saturated rings. The van der Waals surface area contributed by atoms with Crippen LogP contribution in [0.15, 0.2) is 23.8 Å². The minimum absolute atomic E-state index is 0.0474. The topological polar surface area (TPSA) is 112 Å². The van der Waals surface area contributed by atoms with Crippen LogP contribution in [-0.4, -0.2) is 59.1 Å². The van der Waals surface area contributed by atoms with Crippen molar-refractivity contribution in [1.82, 2.24) is 0 Å². The summed E-state index contributed by atoms with van der Waals surface area (Å²) in [5.41, 5.74) is -1.27. The fraction of sp³-hybridized carbons (Fsp3) is 0.794. The van der Waals surface area contributed by atoms with Gasteiger partial charge in [-0.3, -0.25) is 14.4 Å². The van der Waals surface area contributed by atoms with Crippen LogP contribution >= 0.6 is 0 Å². The number of aliphatic hydroxyl groups is 1. The van der Waals surface area contributed by atoms with Gasteiger partial charge in [0.2, 0.25) is 6.29 Å². The number of carbonyl (C=O) groups is 3. The third-order valence-corrected chi connectivity index (χ3v) is 12.6. The van der Waals surface area contributed by atoms with Crippen LogP contribution in [0.25, 0.3) is 0 Å². The van der Waals surface area contributed by atoms with E-state index in [1.165, 1.54) is 19.4 Å². The number of fused-ring (bicyclic) bond motifs is 5. The molecule has 0 amide bonds. The summed E-state index contributed by atoms with van der Waals surface area (Å²) in [7, 11) is 0. The highest BCUT2D eigenvalue weighted by Crippen LogP contribution is 2.73. The third-order valence-electron chi connectivity index (χ3n) is 12.6. The Morgan fingerprint density at radius 3 is 2.24 bits per heavy atom. The highest BCUT2D eigenvalue weighted by molar-refractivity contribution is 5.95. The summed E-state index contributed by atoms with van der Waals surface area (Å²) in [6.45, 7) is 17.5. The van der Waals surface area contributed by atoms with Crippen molar-refractivity contribution in [3.05, 3.63) is 23.8 Å². The van der Waals surface area contributed by atoms with Gasteiger partial charge in [-0.1, -0.05) is 52.3 Å². The molecule has 8 nitrogen and oxygen atoms in total. The van der Waals surface area contributed by atoms with E-state index in [1.807, 2.05) is 33.8 Å². The number of rotatable bonds is 4. The van der Waals surface area contributed by atoms with Crippen molar-refractivity contribution in [2.45, 2.75) is 124 Å². The molecule has 6 rings (SSSR count). The number of esters is 2. The number of epoxide rings is 1. The molecule has 2 saturated heterocycles. The van der Waals surface area contributed by atoms with Crippen LogP contribution in [0.1, 0.15) is 88.0 Å². The number of hydrogen-bond donors (Lipinski definition) is 1. The summed E-state index contributed by atoms with van der Waals surface area (Å²) < 4.78 is 24.2. The van der Waals surface area contributed by atoms with Gasteiger partial charge >= 0.3 is 11.9 Å². The van der Waals surface area contributed by atoms with Crippen molar-refractivity contribution in [2.75, 3.05) is 0 Å². The van der Waals surface area contributed by atoms with Gasteiger partial charge in [0.15, 0.2) is 5.78 Å². The van der Waals surface area contributed by atoms with Crippen LogP contribution in [0.5, 0.6) is 0 Å². The van der Waals surface area contributed by atoms with Gasteiger partial charge in [0, 0.05) is 36.5 Å². The summed E-state index contributed by atoms with van der Waals surface area (Å²) >= 11 is 0. The predicted octanol–water partition coefficient (Wildman–Crippen LogP) is 4.92. The lowest BCUT2D eigenvalue weighted by atomic mass is 9.37. The fourth-order valence-corrected chi connectivity index (χ4v) is 10.8. The first-order valence-electron chi connectivity index (χ1n) is 15.7. The molecule has 2 aliphatic heterocycles. The van der Waals surface area contributed by atoms with Gasteiger partial charge in [0.1, 0.15) is 12.2 Å². The number of allylic oxidation sites excluding steroid dienone is 3. The molecule has 0 bridgehead atoms. The van der Waals surface area contributed by atoms with Crippen molar-refractivity contribution in [3.8, 4) is 0 Å². The largest absolute Gasteiger partial charge is 0.462 e. The molecule has 232 valence electrons. The van der Waals surface area contributed by atoms with E-state index in [-0.39, 0.29) is 59.2 Å². The molecule has 0 aromatic carbocycles. The van der Waals surface area contributed by atoms with Crippen LogP contribution in [0.3, 0.4) is 0 Å². The van der Waals surface area contributed by atoms with E-state index in [0.717, 1.165) is 6.42 Å². The Balaban J connectivity index is 1.40. The first kappa shape index (κ1) is 30.0. The second-order valence-electron chi connectivity index (χ2n) is 15.8. The predicted molar refractivity (Wildman–Crippen MR) is 154 cm³/mol. The maximum absolute atomic E-state index is 13.1. The molecule has 0 aromatic rings. The molecule has 0 aromatic heterocycles. The van der Waals surface area contributed by atoms with E-state index in [0.29, 0.717) is 19.3 Å². The van der Waals surface area contributed by atoms with Gasteiger partial charge < -0.3 is 24.1 Å². The Morgan fingerprint density at radius 1 is 1.00 bits per heavy atom. The number of ether oxygens (including phenoxy) is 4. The second kappa shape index (κ2) is 9.24. The van der Waals surface area contributed by atoms with E-state index in [2.05, 4.69) is 26.8 Å². The van der Waals surface area contributed by atoms with Gasteiger partial charge in [-0.2, -0.15) is 0 Å². The van der Waals surface area contributed by atoms with Gasteiger partial charge in [0.25, 0.3) is 0 Å². The molecule has 2 saturated carbocycles. The average Bonchev–Trinajstić information content (AvgIpc) is 3.14. The number of hydrogen-bond acceptors (Lipinski definition) is 8. The summed E-state index contributed by atoms with van der Waals surface area (Å²) in [5.74, 6) is -1.04. The zero-order valence-electron chi connectivity index (χ0n) is 26.6. The molecule has 12 atom stereocenters. The average molecular weight is 585 g/mol. The minimum atomic E-state index is -0.701. The van der Waals surface area contributed by atoms with Crippen molar-refractivity contribution >= 4 is 17.7 Å². The number of aliphatic hydroxyl groups excluding tert-OH is 1. The Labute approximate surface area is 249 Å². The number of ketones is 1. The molecule has 8 heteroatoms. The van der Waals surface area contributed by atoms with Gasteiger partial charge in [-0.25, -0.2) is 0 Å². The van der Waals surface area contributed by atoms with Gasteiger partial charge in [0.05, 0.1) is 17.8 Å². The number of carbonyl (C=O) groups excluding carboxylic acids is 3. The Hall–Kier alpha value is -2.03. The lowest BCUT2D eigenvalue weighted by molar-refractivity contribution is -0.213. The zero-order chi connectivity index (χ0) is 30.8. The highest BCUT2D eigenvalue weighted by Gasteiger charge is 2.72. The fourth-order valence-electron chi connectivity index (χ4n) is 10.8. The normalized spacial score (nSPS) is 49.8. The molecule has 4 aliphatic carbocycles. The molecular weight excluding hydrogens is 536 g/mol. The van der Waals surface area contributed by atoms with Crippen molar-refractivity contribution in [2.24, 2.45) is 45.3 Å².